The minimum absolute atomic E-state index is 0.138. The summed E-state index contributed by atoms with van der Waals surface area (Å²) >= 11 is 0. The van der Waals surface area contributed by atoms with Crippen LogP contribution in [0.1, 0.15) is 16.8 Å². The summed E-state index contributed by atoms with van der Waals surface area (Å²) in [6, 6.07) is 14.9. The van der Waals surface area contributed by atoms with E-state index >= 15 is 0 Å². The number of hydrogen-bond donors (Lipinski definition) is 2. The third kappa shape index (κ3) is 4.51. The first-order valence-electron chi connectivity index (χ1n) is 9.74. The van der Waals surface area contributed by atoms with Gasteiger partial charge in [-0.25, -0.2) is 0 Å². The van der Waals surface area contributed by atoms with Crippen molar-refractivity contribution in [2.24, 2.45) is 5.73 Å². The predicted octanol–water partition coefficient (Wildman–Crippen LogP) is 4.17. The summed E-state index contributed by atoms with van der Waals surface area (Å²) in [5.41, 5.74) is 10.7. The first-order chi connectivity index (χ1) is 15.1. The van der Waals surface area contributed by atoms with Crippen LogP contribution in [0, 0.1) is 0 Å². The van der Waals surface area contributed by atoms with Gasteiger partial charge in [0.05, 0.1) is 25.5 Å². The first kappa shape index (κ1) is 20.4. The molecule has 2 aromatic heterocycles. The second-order valence-corrected chi connectivity index (χ2v) is 7.04. The van der Waals surface area contributed by atoms with Gasteiger partial charge in [0.1, 0.15) is 23.7 Å². The van der Waals surface area contributed by atoms with E-state index in [0.717, 1.165) is 33.4 Å². The largest absolute Gasteiger partial charge is 0.497 e. The number of carbonyl (C=O) groups is 1. The normalized spacial score (nSPS) is 10.9. The molecule has 0 unspecified atom stereocenters. The van der Waals surface area contributed by atoms with Gasteiger partial charge in [0.15, 0.2) is 0 Å². The number of furan rings is 1. The Labute approximate surface area is 179 Å². The van der Waals surface area contributed by atoms with Crippen LogP contribution in [0.4, 0.5) is 0 Å². The van der Waals surface area contributed by atoms with Crippen molar-refractivity contribution in [2.75, 3.05) is 7.11 Å². The zero-order chi connectivity index (χ0) is 21.8. The van der Waals surface area contributed by atoms with Crippen molar-refractivity contribution >= 4 is 16.9 Å². The number of nitrogens with two attached hydrogens (primary N) is 1. The van der Waals surface area contributed by atoms with Crippen molar-refractivity contribution in [2.45, 2.75) is 19.6 Å². The molecule has 0 saturated carbocycles. The number of carboxylic acids is 1. The van der Waals surface area contributed by atoms with Crippen LogP contribution in [0.5, 0.6) is 11.5 Å². The maximum atomic E-state index is 11.2. The highest BCUT2D eigenvalue weighted by atomic mass is 16.5. The first-order valence-corrected chi connectivity index (χ1v) is 9.74. The Morgan fingerprint density at radius 1 is 1.10 bits per heavy atom. The number of benzene rings is 2. The van der Waals surface area contributed by atoms with E-state index in [2.05, 4.69) is 4.98 Å². The number of aromatic nitrogens is 1. The van der Waals surface area contributed by atoms with Crippen LogP contribution >= 0.6 is 0 Å². The summed E-state index contributed by atoms with van der Waals surface area (Å²) in [7, 11) is 1.55. The number of ether oxygens (including phenoxy) is 2. The van der Waals surface area contributed by atoms with E-state index in [9.17, 15) is 9.90 Å². The van der Waals surface area contributed by atoms with E-state index in [4.69, 9.17) is 19.6 Å². The molecule has 0 spiro atoms. The number of fused-ring (bicyclic) bond motifs is 1. The van der Waals surface area contributed by atoms with Crippen LogP contribution in [0.2, 0.25) is 0 Å². The predicted molar refractivity (Wildman–Crippen MR) is 116 cm³/mol. The molecule has 0 atom stereocenters. The van der Waals surface area contributed by atoms with E-state index in [-0.39, 0.29) is 13.0 Å². The summed E-state index contributed by atoms with van der Waals surface area (Å²) < 4.78 is 16.9. The molecule has 2 heterocycles. The molecule has 4 aromatic rings. The fourth-order valence-corrected chi connectivity index (χ4v) is 3.40. The average molecular weight is 418 g/mol. The fourth-order valence-electron chi connectivity index (χ4n) is 3.40. The number of pyridine rings is 1. The van der Waals surface area contributed by atoms with Crippen molar-refractivity contribution in [1.29, 1.82) is 0 Å². The standard InChI is InChI=1S/C24H22N2O5/c1-29-20-4-2-17(10-24(27)28)23(11-20)31-14-18-13-30-22-5-3-15(9-21(18)22)16-6-7-26-19(8-16)12-25/h2-9,11,13H,10,12,14,25H2,1H3,(H,27,28). The third-order valence-electron chi connectivity index (χ3n) is 5.01. The lowest BCUT2D eigenvalue weighted by Crippen LogP contribution is -2.04. The summed E-state index contributed by atoms with van der Waals surface area (Å²) in [6.45, 7) is 0.598. The highest BCUT2D eigenvalue weighted by molar-refractivity contribution is 5.86. The topological polar surface area (TPSA) is 108 Å². The van der Waals surface area contributed by atoms with Crippen molar-refractivity contribution in [3.63, 3.8) is 0 Å². The van der Waals surface area contributed by atoms with E-state index < -0.39 is 5.97 Å². The van der Waals surface area contributed by atoms with E-state index in [1.54, 1.807) is 37.8 Å². The van der Waals surface area contributed by atoms with Gasteiger partial charge < -0.3 is 24.7 Å². The van der Waals surface area contributed by atoms with Crippen molar-refractivity contribution in [3.05, 3.63) is 77.8 Å². The zero-order valence-corrected chi connectivity index (χ0v) is 17.0. The van der Waals surface area contributed by atoms with Gasteiger partial charge in [-0.3, -0.25) is 9.78 Å². The molecule has 7 nitrogen and oxygen atoms in total. The molecule has 0 radical (unpaired) electrons. The number of hydrogen-bond acceptors (Lipinski definition) is 6. The molecule has 2 aromatic carbocycles. The lowest BCUT2D eigenvalue weighted by molar-refractivity contribution is -0.136. The second-order valence-electron chi connectivity index (χ2n) is 7.04. The molecule has 0 bridgehead atoms. The van der Waals surface area contributed by atoms with E-state index in [0.29, 0.717) is 23.6 Å². The molecule has 0 aliphatic heterocycles. The molecule has 158 valence electrons. The Bertz CT molecular complexity index is 1230. The van der Waals surface area contributed by atoms with E-state index in [1.165, 1.54) is 0 Å². The molecule has 0 amide bonds. The number of aliphatic carboxylic acids is 1. The Kier molecular flexibility index (Phi) is 5.86. The van der Waals surface area contributed by atoms with Gasteiger partial charge in [-0.05, 0) is 41.5 Å². The van der Waals surface area contributed by atoms with Gasteiger partial charge in [0.2, 0.25) is 0 Å². The van der Waals surface area contributed by atoms with Crippen LogP contribution < -0.4 is 15.2 Å². The zero-order valence-electron chi connectivity index (χ0n) is 17.0. The monoisotopic (exact) mass is 418 g/mol. The molecular weight excluding hydrogens is 396 g/mol. The maximum Gasteiger partial charge on any atom is 0.307 e. The number of methoxy groups -OCH3 is 1. The molecule has 3 N–H and O–H groups in total. The summed E-state index contributed by atoms with van der Waals surface area (Å²) in [6.07, 6.45) is 3.26. The number of carboxylic acid groups (broad SMARTS) is 1. The molecule has 31 heavy (non-hydrogen) atoms. The van der Waals surface area contributed by atoms with Crippen LogP contribution in [-0.4, -0.2) is 23.2 Å². The lowest BCUT2D eigenvalue weighted by Gasteiger charge is -2.12. The van der Waals surface area contributed by atoms with Gasteiger partial charge >= 0.3 is 5.97 Å². The van der Waals surface area contributed by atoms with Crippen molar-refractivity contribution < 1.29 is 23.8 Å². The van der Waals surface area contributed by atoms with Crippen LogP contribution in [0.15, 0.2) is 65.4 Å². The van der Waals surface area contributed by atoms with Gasteiger partial charge in [-0.2, -0.15) is 0 Å². The third-order valence-corrected chi connectivity index (χ3v) is 5.01. The highest BCUT2D eigenvalue weighted by Crippen LogP contribution is 2.30. The number of rotatable bonds is 8. The Morgan fingerprint density at radius 3 is 2.71 bits per heavy atom. The highest BCUT2D eigenvalue weighted by Gasteiger charge is 2.13. The summed E-state index contributed by atoms with van der Waals surface area (Å²) in [5.74, 6) is 0.133. The molecule has 7 heteroatoms. The quantitative estimate of drug-likeness (QED) is 0.442. The maximum absolute atomic E-state index is 11.2. The van der Waals surface area contributed by atoms with Crippen LogP contribution in [0.3, 0.4) is 0 Å². The van der Waals surface area contributed by atoms with Crippen LogP contribution in [0.25, 0.3) is 22.1 Å². The number of nitrogens with zero attached hydrogens (tertiary/aromatic N) is 1. The summed E-state index contributed by atoms with van der Waals surface area (Å²) in [5, 5.41) is 10.1. The van der Waals surface area contributed by atoms with Gasteiger partial charge in [-0.1, -0.05) is 12.1 Å². The second kappa shape index (κ2) is 8.89. The van der Waals surface area contributed by atoms with Crippen molar-refractivity contribution in [3.8, 4) is 22.6 Å². The Hall–Kier alpha value is -3.84. The fraction of sp³-hybridized carbons (Fsp3) is 0.167. The van der Waals surface area contributed by atoms with Gasteiger partial charge in [-0.15, -0.1) is 0 Å². The minimum atomic E-state index is -0.928. The Balaban J connectivity index is 1.63. The Morgan fingerprint density at radius 2 is 1.94 bits per heavy atom. The smallest absolute Gasteiger partial charge is 0.307 e. The molecule has 0 saturated heterocycles. The SMILES string of the molecule is COc1ccc(CC(=O)O)c(OCc2coc3ccc(-c4ccnc(CN)c4)cc23)c1. The molecule has 0 aliphatic carbocycles. The van der Waals surface area contributed by atoms with E-state index in [1.807, 2.05) is 30.3 Å². The molecular formula is C24H22N2O5. The van der Waals surface area contributed by atoms with Crippen LogP contribution in [-0.2, 0) is 24.4 Å². The minimum Gasteiger partial charge on any atom is -0.497 e. The van der Waals surface area contributed by atoms with Gasteiger partial charge in [0.25, 0.3) is 0 Å². The molecule has 0 aliphatic rings. The van der Waals surface area contributed by atoms with Gasteiger partial charge in [0, 0.05) is 35.3 Å². The molecule has 0 fully saturated rings. The average Bonchev–Trinajstić information content (AvgIpc) is 3.20. The van der Waals surface area contributed by atoms with Crippen molar-refractivity contribution in [1.82, 2.24) is 4.98 Å². The molecule has 4 rings (SSSR count). The lowest BCUT2D eigenvalue weighted by atomic mass is 10.0. The summed E-state index contributed by atoms with van der Waals surface area (Å²) in [4.78, 5) is 15.4.